The first kappa shape index (κ1) is 24.6. The molecule has 2 aliphatic rings. The lowest BCUT2D eigenvalue weighted by Crippen LogP contribution is -2.47. The number of β-amino-alcohol motifs (C(OH)–C–C–N with tert-alkyl or cyclic N) is 1. The van der Waals surface area contributed by atoms with Gasteiger partial charge in [0.2, 0.25) is 0 Å². The second-order valence-corrected chi connectivity index (χ2v) is 10.6. The first-order valence-electron chi connectivity index (χ1n) is 13.4. The summed E-state index contributed by atoms with van der Waals surface area (Å²) >= 11 is 0. The fraction of sp³-hybridized carbons (Fsp3) is 0.367. The molecule has 6 rings (SSSR count). The summed E-state index contributed by atoms with van der Waals surface area (Å²) in [6.45, 7) is 6.49. The lowest BCUT2D eigenvalue weighted by atomic mass is 9.96. The second-order valence-electron chi connectivity index (χ2n) is 10.6. The highest BCUT2D eigenvalue weighted by atomic mass is 16.3. The van der Waals surface area contributed by atoms with E-state index in [1.54, 1.807) is 4.68 Å². The zero-order valence-electron chi connectivity index (χ0n) is 22.0. The zero-order chi connectivity index (χ0) is 26.3. The van der Waals surface area contributed by atoms with Crippen LogP contribution in [0, 0.1) is 6.92 Å². The van der Waals surface area contributed by atoms with E-state index in [-0.39, 0.29) is 12.5 Å². The molecule has 0 radical (unpaired) electrons. The molecule has 8 heteroatoms. The van der Waals surface area contributed by atoms with Crippen molar-refractivity contribution in [3.05, 3.63) is 77.6 Å². The van der Waals surface area contributed by atoms with Gasteiger partial charge in [-0.2, -0.15) is 5.10 Å². The minimum atomic E-state index is -0.408. The number of aliphatic hydroxyl groups is 1. The Morgan fingerprint density at radius 2 is 1.87 bits per heavy atom. The third-order valence-electron chi connectivity index (χ3n) is 7.95. The summed E-state index contributed by atoms with van der Waals surface area (Å²) in [6, 6.07) is 16.5. The number of pyridine rings is 1. The minimum Gasteiger partial charge on any atom is -0.395 e. The molecule has 8 nitrogen and oxygen atoms in total. The molecule has 0 bridgehead atoms. The average molecular weight is 511 g/mol. The van der Waals surface area contributed by atoms with E-state index in [0.29, 0.717) is 6.54 Å². The van der Waals surface area contributed by atoms with Gasteiger partial charge in [-0.3, -0.25) is 14.4 Å². The van der Waals surface area contributed by atoms with Crippen LogP contribution in [-0.2, 0) is 12.6 Å². The third kappa shape index (κ3) is 4.66. The van der Waals surface area contributed by atoms with Gasteiger partial charge in [-0.25, -0.2) is 4.98 Å². The Labute approximate surface area is 222 Å². The Morgan fingerprint density at radius 1 is 1.08 bits per heavy atom. The molecule has 2 fully saturated rings. The van der Waals surface area contributed by atoms with Crippen LogP contribution in [0.1, 0.15) is 34.3 Å². The molecule has 196 valence electrons. The van der Waals surface area contributed by atoms with Crippen molar-refractivity contribution in [3.8, 4) is 11.3 Å². The Bertz CT molecular complexity index is 1480. The van der Waals surface area contributed by atoms with E-state index in [9.17, 15) is 9.90 Å². The van der Waals surface area contributed by atoms with Gasteiger partial charge in [0, 0.05) is 68.2 Å². The Balaban J connectivity index is 1.29. The van der Waals surface area contributed by atoms with Crippen LogP contribution < -0.4 is 10.2 Å². The average Bonchev–Trinajstić information content (AvgIpc) is 3.58. The van der Waals surface area contributed by atoms with Crippen molar-refractivity contribution in [3.63, 3.8) is 0 Å². The minimum absolute atomic E-state index is 0.0374. The maximum atomic E-state index is 13.8. The van der Waals surface area contributed by atoms with Gasteiger partial charge in [-0.15, -0.1) is 0 Å². The second kappa shape index (κ2) is 9.85. The molecular formula is C30H34N6O2. The maximum Gasteiger partial charge on any atom is 0.252 e. The van der Waals surface area contributed by atoms with E-state index >= 15 is 0 Å². The number of hydrogen-bond donors (Lipinski definition) is 2. The SMILES string of the molecule is Cc1ccc(N2CCN(CCO)CC2)cc1C(=O)NC1(c2cc(-c3cnn(C)c3)nc3ccccc23)CC1. The van der Waals surface area contributed by atoms with Gasteiger partial charge in [0.25, 0.3) is 5.91 Å². The number of benzene rings is 2. The fourth-order valence-electron chi connectivity index (χ4n) is 5.57. The topological polar surface area (TPSA) is 86.5 Å². The summed E-state index contributed by atoms with van der Waals surface area (Å²) in [5.74, 6) is -0.0374. The van der Waals surface area contributed by atoms with Gasteiger partial charge in [-0.1, -0.05) is 24.3 Å². The van der Waals surface area contributed by atoms with Crippen LogP contribution in [-0.4, -0.2) is 70.0 Å². The lowest BCUT2D eigenvalue weighted by Gasteiger charge is -2.36. The molecular weight excluding hydrogens is 476 g/mol. The summed E-state index contributed by atoms with van der Waals surface area (Å²) in [5, 5.41) is 18.1. The molecule has 2 N–H and O–H groups in total. The van der Waals surface area contributed by atoms with Crippen LogP contribution in [0.25, 0.3) is 22.2 Å². The molecule has 38 heavy (non-hydrogen) atoms. The summed E-state index contributed by atoms with van der Waals surface area (Å²) in [7, 11) is 1.90. The monoisotopic (exact) mass is 510 g/mol. The van der Waals surface area contributed by atoms with Crippen molar-refractivity contribution in [2.24, 2.45) is 7.05 Å². The number of aromatic nitrogens is 3. The van der Waals surface area contributed by atoms with Crippen LogP contribution in [0.4, 0.5) is 5.69 Å². The summed E-state index contributed by atoms with van der Waals surface area (Å²) < 4.78 is 1.78. The lowest BCUT2D eigenvalue weighted by molar-refractivity contribution is 0.0930. The van der Waals surface area contributed by atoms with Crippen LogP contribution in [0.5, 0.6) is 0 Å². The van der Waals surface area contributed by atoms with Crippen LogP contribution in [0.2, 0.25) is 0 Å². The molecule has 2 aromatic carbocycles. The number of rotatable bonds is 7. The number of fused-ring (bicyclic) bond motifs is 1. The Morgan fingerprint density at radius 3 is 2.58 bits per heavy atom. The number of anilines is 1. The first-order valence-corrected chi connectivity index (χ1v) is 13.4. The third-order valence-corrected chi connectivity index (χ3v) is 7.95. The highest BCUT2D eigenvalue weighted by Crippen LogP contribution is 2.49. The first-order chi connectivity index (χ1) is 18.5. The fourth-order valence-corrected chi connectivity index (χ4v) is 5.57. The molecule has 0 atom stereocenters. The van der Waals surface area contributed by atoms with E-state index in [4.69, 9.17) is 4.98 Å². The normalized spacial score (nSPS) is 17.1. The van der Waals surface area contributed by atoms with Crippen molar-refractivity contribution in [2.75, 3.05) is 44.2 Å². The standard InChI is InChI=1S/C30H34N6O2/c1-21-7-8-23(36-13-11-35(12-14-36)15-16-37)17-25(21)29(38)33-30(9-10-30)26-18-28(22-19-31-34(2)20-22)32-27-6-4-3-5-24(26)27/h3-8,17-20,37H,9-16H2,1-2H3,(H,33,38). The van der Waals surface area contributed by atoms with Gasteiger partial charge in [0.1, 0.15) is 0 Å². The van der Waals surface area contributed by atoms with E-state index in [2.05, 4.69) is 38.4 Å². The zero-order valence-corrected chi connectivity index (χ0v) is 22.0. The molecule has 1 aliphatic carbocycles. The van der Waals surface area contributed by atoms with E-state index in [0.717, 1.165) is 83.6 Å². The highest BCUT2D eigenvalue weighted by Gasteiger charge is 2.47. The van der Waals surface area contributed by atoms with Crippen molar-refractivity contribution in [1.29, 1.82) is 0 Å². The number of nitrogens with one attached hydrogen (secondary N) is 1. The molecule has 1 saturated heterocycles. The van der Waals surface area contributed by atoms with Crippen LogP contribution >= 0.6 is 0 Å². The molecule has 0 spiro atoms. The number of carbonyl (C=O) groups is 1. The Hall–Kier alpha value is -3.75. The maximum absolute atomic E-state index is 13.8. The van der Waals surface area contributed by atoms with Crippen LogP contribution in [0.15, 0.2) is 60.9 Å². The van der Waals surface area contributed by atoms with Crippen molar-refractivity contribution >= 4 is 22.5 Å². The number of carbonyl (C=O) groups excluding carboxylic acids is 1. The highest BCUT2D eigenvalue weighted by molar-refractivity contribution is 5.98. The quantitative estimate of drug-likeness (QED) is 0.396. The molecule has 1 aliphatic heterocycles. The number of para-hydroxylation sites is 1. The molecule has 4 aromatic rings. The Kier molecular flexibility index (Phi) is 6.37. The molecule has 0 unspecified atom stereocenters. The predicted octanol–water partition coefficient (Wildman–Crippen LogP) is 3.48. The van der Waals surface area contributed by atoms with E-state index < -0.39 is 5.54 Å². The molecule has 1 amide bonds. The number of aryl methyl sites for hydroxylation is 2. The number of nitrogens with zero attached hydrogens (tertiary/aromatic N) is 5. The number of aliphatic hydroxyl groups excluding tert-OH is 1. The van der Waals surface area contributed by atoms with Gasteiger partial charge in [0.05, 0.1) is 29.6 Å². The van der Waals surface area contributed by atoms with Gasteiger partial charge in [-0.05, 0) is 55.2 Å². The number of amides is 1. The molecule has 3 heterocycles. The van der Waals surface area contributed by atoms with E-state index in [1.807, 2.05) is 56.7 Å². The molecule has 2 aromatic heterocycles. The van der Waals surface area contributed by atoms with Gasteiger partial charge >= 0.3 is 0 Å². The van der Waals surface area contributed by atoms with Gasteiger partial charge < -0.3 is 15.3 Å². The van der Waals surface area contributed by atoms with E-state index in [1.165, 1.54) is 0 Å². The number of hydrogen-bond acceptors (Lipinski definition) is 6. The summed E-state index contributed by atoms with van der Waals surface area (Å²) in [5.41, 5.74) is 6.22. The predicted molar refractivity (Wildman–Crippen MR) is 149 cm³/mol. The van der Waals surface area contributed by atoms with Gasteiger partial charge in [0.15, 0.2) is 0 Å². The summed E-state index contributed by atoms with van der Waals surface area (Å²) in [4.78, 5) is 23.3. The smallest absolute Gasteiger partial charge is 0.252 e. The largest absolute Gasteiger partial charge is 0.395 e. The summed E-state index contributed by atoms with van der Waals surface area (Å²) in [6.07, 6.45) is 5.59. The van der Waals surface area contributed by atoms with Crippen LogP contribution in [0.3, 0.4) is 0 Å². The van der Waals surface area contributed by atoms with Crippen molar-refractivity contribution in [2.45, 2.75) is 25.3 Å². The molecule has 1 saturated carbocycles. The van der Waals surface area contributed by atoms with Crippen molar-refractivity contribution in [1.82, 2.24) is 25.0 Å². The number of piperazine rings is 1. The van der Waals surface area contributed by atoms with Crippen molar-refractivity contribution < 1.29 is 9.90 Å².